The third-order valence-electron chi connectivity index (χ3n) is 1.37. The number of alkyl halides is 3. The maximum Gasteiger partial charge on any atom is 0.265 e. The Kier molecular flexibility index (Phi) is 3.30. The molecular formula is C7H5F3IN. The van der Waals surface area contributed by atoms with Crippen molar-refractivity contribution in [3.05, 3.63) is 27.1 Å². The molecule has 0 spiro atoms. The van der Waals surface area contributed by atoms with Gasteiger partial charge in [-0.2, -0.15) is 0 Å². The Morgan fingerprint density at radius 3 is 2.67 bits per heavy atom. The summed E-state index contributed by atoms with van der Waals surface area (Å²) < 4.78 is 37.0. The lowest BCUT2D eigenvalue weighted by molar-refractivity contribution is 0.148. The Labute approximate surface area is 81.1 Å². The van der Waals surface area contributed by atoms with E-state index in [1.807, 2.05) is 22.6 Å². The Hall–Kier alpha value is -0.330. The van der Waals surface area contributed by atoms with Gasteiger partial charge >= 0.3 is 0 Å². The van der Waals surface area contributed by atoms with Crippen molar-refractivity contribution in [1.29, 1.82) is 0 Å². The van der Waals surface area contributed by atoms with Crippen molar-refractivity contribution < 1.29 is 13.2 Å². The summed E-state index contributed by atoms with van der Waals surface area (Å²) >= 11 is 1.85. The first-order valence-electron chi connectivity index (χ1n) is 3.13. The van der Waals surface area contributed by atoms with E-state index in [0.29, 0.717) is 3.70 Å². The fourth-order valence-electron chi connectivity index (χ4n) is 0.791. The minimum atomic E-state index is -2.65. The monoisotopic (exact) mass is 287 g/mol. The van der Waals surface area contributed by atoms with Crippen LogP contribution < -0.4 is 0 Å². The number of nitrogens with zero attached hydrogens (tertiary/aromatic N) is 1. The Balaban J connectivity index is 3.11. The van der Waals surface area contributed by atoms with Crippen LogP contribution in [0.5, 0.6) is 0 Å². The lowest BCUT2D eigenvalue weighted by Crippen LogP contribution is -1.95. The van der Waals surface area contributed by atoms with Crippen molar-refractivity contribution in [1.82, 2.24) is 4.98 Å². The van der Waals surface area contributed by atoms with Gasteiger partial charge in [-0.05, 0) is 34.2 Å². The molecule has 5 heteroatoms. The number of hydrogen-bond donors (Lipinski definition) is 0. The molecule has 0 atom stereocenters. The topological polar surface area (TPSA) is 12.9 Å². The summed E-state index contributed by atoms with van der Waals surface area (Å²) in [7, 11) is 0. The Bertz CT molecular complexity index is 277. The minimum absolute atomic E-state index is 0.0180. The fraction of sp³-hybridized carbons (Fsp3) is 0.286. The molecule has 0 fully saturated rings. The van der Waals surface area contributed by atoms with E-state index in [2.05, 4.69) is 4.98 Å². The number of halogens is 4. The SMILES string of the molecule is FCc1cc(I)ncc1C(F)F. The van der Waals surface area contributed by atoms with Gasteiger partial charge in [-0.15, -0.1) is 0 Å². The molecular weight excluding hydrogens is 282 g/mol. The first kappa shape index (κ1) is 9.76. The minimum Gasteiger partial charge on any atom is -0.250 e. The number of rotatable bonds is 2. The molecule has 1 heterocycles. The smallest absolute Gasteiger partial charge is 0.250 e. The Morgan fingerprint density at radius 1 is 1.50 bits per heavy atom. The van der Waals surface area contributed by atoms with Crippen molar-refractivity contribution in [2.24, 2.45) is 0 Å². The summed E-state index contributed by atoms with van der Waals surface area (Å²) in [6.45, 7) is -0.877. The molecule has 0 N–H and O–H groups in total. The van der Waals surface area contributed by atoms with Gasteiger partial charge in [-0.3, -0.25) is 0 Å². The zero-order valence-corrected chi connectivity index (χ0v) is 8.06. The summed E-state index contributed by atoms with van der Waals surface area (Å²) in [6.07, 6.45) is -1.64. The Morgan fingerprint density at radius 2 is 2.17 bits per heavy atom. The molecule has 66 valence electrons. The van der Waals surface area contributed by atoms with Crippen LogP contribution in [-0.4, -0.2) is 4.98 Å². The van der Waals surface area contributed by atoms with Crippen LogP contribution in [0.25, 0.3) is 0 Å². The molecule has 1 aromatic rings. The van der Waals surface area contributed by atoms with Crippen molar-refractivity contribution in [2.75, 3.05) is 0 Å². The molecule has 0 aliphatic heterocycles. The van der Waals surface area contributed by atoms with E-state index < -0.39 is 13.1 Å². The summed E-state index contributed by atoms with van der Waals surface area (Å²) in [6, 6.07) is 1.32. The van der Waals surface area contributed by atoms with Crippen molar-refractivity contribution in [3.63, 3.8) is 0 Å². The lowest BCUT2D eigenvalue weighted by Gasteiger charge is -2.04. The second kappa shape index (κ2) is 4.06. The van der Waals surface area contributed by atoms with Gasteiger partial charge in [0, 0.05) is 11.8 Å². The van der Waals surface area contributed by atoms with Crippen molar-refractivity contribution in [2.45, 2.75) is 13.1 Å². The third-order valence-corrected chi connectivity index (χ3v) is 1.96. The summed E-state index contributed by atoms with van der Waals surface area (Å²) in [5, 5.41) is 0. The first-order valence-corrected chi connectivity index (χ1v) is 4.21. The van der Waals surface area contributed by atoms with Gasteiger partial charge in [0.15, 0.2) is 0 Å². The summed E-state index contributed by atoms with van der Waals surface area (Å²) in [5.74, 6) is 0. The van der Waals surface area contributed by atoms with Crippen LogP contribution in [0.4, 0.5) is 13.2 Å². The molecule has 0 saturated heterocycles. The van der Waals surface area contributed by atoms with Gasteiger partial charge in [0.1, 0.15) is 10.4 Å². The second-order valence-electron chi connectivity index (χ2n) is 2.14. The summed E-state index contributed by atoms with van der Waals surface area (Å²) in [5.41, 5.74) is -0.303. The van der Waals surface area contributed by atoms with E-state index in [0.717, 1.165) is 6.20 Å². The number of hydrogen-bond acceptors (Lipinski definition) is 1. The number of pyridine rings is 1. The maximum atomic E-state index is 12.2. The lowest BCUT2D eigenvalue weighted by atomic mass is 10.2. The molecule has 0 bridgehead atoms. The highest BCUT2D eigenvalue weighted by Crippen LogP contribution is 2.23. The predicted octanol–water partition coefficient (Wildman–Crippen LogP) is 3.09. The molecule has 0 unspecified atom stereocenters. The van der Waals surface area contributed by atoms with Crippen LogP contribution in [0.2, 0.25) is 0 Å². The van der Waals surface area contributed by atoms with Crippen LogP contribution in [0.15, 0.2) is 12.3 Å². The highest BCUT2D eigenvalue weighted by atomic mass is 127. The molecule has 0 amide bonds. The molecule has 0 aromatic carbocycles. The normalized spacial score (nSPS) is 10.8. The average molecular weight is 287 g/mol. The van der Waals surface area contributed by atoms with Gasteiger partial charge in [0.2, 0.25) is 0 Å². The highest BCUT2D eigenvalue weighted by molar-refractivity contribution is 14.1. The molecule has 0 aliphatic rings. The van der Waals surface area contributed by atoms with E-state index >= 15 is 0 Å². The molecule has 0 radical (unpaired) electrons. The molecule has 1 rings (SSSR count). The average Bonchev–Trinajstić information content (AvgIpc) is 2.03. The van der Waals surface area contributed by atoms with Crippen LogP contribution in [0.3, 0.4) is 0 Å². The highest BCUT2D eigenvalue weighted by Gasteiger charge is 2.13. The van der Waals surface area contributed by atoms with Crippen LogP contribution in [0, 0.1) is 3.70 Å². The van der Waals surface area contributed by atoms with Gasteiger partial charge in [-0.25, -0.2) is 18.2 Å². The summed E-state index contributed by atoms with van der Waals surface area (Å²) in [4.78, 5) is 3.65. The molecule has 1 aromatic heterocycles. The fourth-order valence-corrected chi connectivity index (χ4v) is 1.31. The van der Waals surface area contributed by atoms with E-state index in [1.54, 1.807) is 0 Å². The van der Waals surface area contributed by atoms with E-state index in [9.17, 15) is 13.2 Å². The molecule has 0 aliphatic carbocycles. The second-order valence-corrected chi connectivity index (χ2v) is 3.25. The van der Waals surface area contributed by atoms with Gasteiger partial charge in [-0.1, -0.05) is 0 Å². The molecule has 12 heavy (non-hydrogen) atoms. The van der Waals surface area contributed by atoms with E-state index in [1.165, 1.54) is 6.07 Å². The van der Waals surface area contributed by atoms with Gasteiger partial charge < -0.3 is 0 Å². The van der Waals surface area contributed by atoms with Crippen LogP contribution >= 0.6 is 22.6 Å². The van der Waals surface area contributed by atoms with Crippen LogP contribution in [0.1, 0.15) is 17.6 Å². The van der Waals surface area contributed by atoms with Gasteiger partial charge in [0.25, 0.3) is 6.43 Å². The van der Waals surface area contributed by atoms with Crippen molar-refractivity contribution >= 4 is 22.6 Å². The van der Waals surface area contributed by atoms with Crippen molar-refractivity contribution in [3.8, 4) is 0 Å². The van der Waals surface area contributed by atoms with E-state index in [-0.39, 0.29) is 11.1 Å². The maximum absolute atomic E-state index is 12.2. The van der Waals surface area contributed by atoms with E-state index in [4.69, 9.17) is 0 Å². The molecule has 1 nitrogen and oxygen atoms in total. The van der Waals surface area contributed by atoms with Crippen LogP contribution in [-0.2, 0) is 6.67 Å². The standard InChI is InChI=1S/C7H5F3IN/c8-2-4-1-6(11)12-3-5(4)7(9)10/h1,3,7H,2H2. The molecule has 0 saturated carbocycles. The zero-order chi connectivity index (χ0) is 9.14. The number of aromatic nitrogens is 1. The third kappa shape index (κ3) is 2.09. The quantitative estimate of drug-likeness (QED) is 0.601. The first-order chi connectivity index (χ1) is 5.65. The largest absolute Gasteiger partial charge is 0.265 e. The predicted molar refractivity (Wildman–Crippen MR) is 46.7 cm³/mol. The van der Waals surface area contributed by atoms with Gasteiger partial charge in [0.05, 0.1) is 0 Å². The zero-order valence-electron chi connectivity index (χ0n) is 5.90.